The molecule has 0 radical (unpaired) electrons. The lowest BCUT2D eigenvalue weighted by atomic mass is 9.96. The number of phenolic OH excluding ortho intramolecular Hbond substituents is 1. The molecule has 5 nitrogen and oxygen atoms in total. The minimum absolute atomic E-state index is 0.0292. The van der Waals surface area contributed by atoms with Crippen molar-refractivity contribution >= 4 is 23.0 Å². The number of aromatic nitrogens is 2. The van der Waals surface area contributed by atoms with Gasteiger partial charge < -0.3 is 19.9 Å². The molecule has 4 rings (SSSR count). The Morgan fingerprint density at radius 2 is 1.89 bits per heavy atom. The monoisotopic (exact) mass is 392 g/mol. The number of anilines is 1. The van der Waals surface area contributed by atoms with Crippen LogP contribution >= 0.6 is 12.2 Å². The van der Waals surface area contributed by atoms with Crippen molar-refractivity contribution in [3.05, 3.63) is 77.4 Å². The maximum atomic E-state index is 9.71. The summed E-state index contributed by atoms with van der Waals surface area (Å²) in [5.41, 5.74) is 5.60. The maximum Gasteiger partial charge on any atom is 0.174 e. The summed E-state index contributed by atoms with van der Waals surface area (Å²) >= 11 is 5.74. The molecule has 1 aliphatic rings. The molecule has 1 aromatic carbocycles. The lowest BCUT2D eigenvalue weighted by Crippen LogP contribution is -2.29. The summed E-state index contributed by atoms with van der Waals surface area (Å²) in [6.07, 6.45) is 1.82. The van der Waals surface area contributed by atoms with Crippen LogP contribution in [-0.4, -0.2) is 19.8 Å². The Hall–Kier alpha value is -2.86. The zero-order valence-corrected chi connectivity index (χ0v) is 17.1. The summed E-state index contributed by atoms with van der Waals surface area (Å²) < 4.78 is 2.32. The molecule has 0 amide bonds. The molecular weight excluding hydrogens is 368 g/mol. The Morgan fingerprint density at radius 3 is 2.50 bits per heavy atom. The van der Waals surface area contributed by atoms with E-state index in [1.54, 1.807) is 12.1 Å². The van der Waals surface area contributed by atoms with E-state index in [2.05, 4.69) is 46.6 Å². The van der Waals surface area contributed by atoms with E-state index in [4.69, 9.17) is 12.2 Å². The Kier molecular flexibility index (Phi) is 4.81. The van der Waals surface area contributed by atoms with Crippen molar-refractivity contribution in [3.63, 3.8) is 0 Å². The van der Waals surface area contributed by atoms with Crippen molar-refractivity contribution in [2.45, 2.75) is 39.4 Å². The first-order chi connectivity index (χ1) is 13.5. The number of benzene rings is 1. The molecule has 2 aromatic heterocycles. The molecule has 0 saturated carbocycles. The van der Waals surface area contributed by atoms with Gasteiger partial charge in [0.05, 0.1) is 17.8 Å². The van der Waals surface area contributed by atoms with Gasteiger partial charge in [0.15, 0.2) is 5.11 Å². The average molecular weight is 393 g/mol. The third kappa shape index (κ3) is 3.03. The van der Waals surface area contributed by atoms with Crippen LogP contribution in [0.25, 0.3) is 0 Å². The molecule has 3 heterocycles. The first-order valence-corrected chi connectivity index (χ1v) is 9.88. The zero-order valence-electron chi connectivity index (χ0n) is 16.3. The van der Waals surface area contributed by atoms with Gasteiger partial charge in [0.2, 0.25) is 0 Å². The van der Waals surface area contributed by atoms with Crippen molar-refractivity contribution in [3.8, 4) is 5.75 Å². The highest BCUT2D eigenvalue weighted by molar-refractivity contribution is 7.80. The highest BCUT2D eigenvalue weighted by atomic mass is 32.1. The number of hydrogen-bond donors (Lipinski definition) is 2. The number of pyridine rings is 1. The zero-order chi connectivity index (χ0) is 19.8. The summed E-state index contributed by atoms with van der Waals surface area (Å²) in [6, 6.07) is 15.3. The lowest BCUT2D eigenvalue weighted by molar-refractivity contribution is 0.475. The fourth-order valence-corrected chi connectivity index (χ4v) is 4.52. The minimum atomic E-state index is -0.0618. The smallest absolute Gasteiger partial charge is 0.174 e. The molecule has 2 N–H and O–H groups in total. The first kappa shape index (κ1) is 18.5. The summed E-state index contributed by atoms with van der Waals surface area (Å²) in [5.74, 6) is 0.240. The lowest BCUT2D eigenvalue weighted by Gasteiger charge is -2.28. The van der Waals surface area contributed by atoms with E-state index < -0.39 is 0 Å². The third-order valence-corrected chi connectivity index (χ3v) is 5.79. The predicted octanol–water partition coefficient (Wildman–Crippen LogP) is 4.40. The Morgan fingerprint density at radius 1 is 1.14 bits per heavy atom. The topological polar surface area (TPSA) is 53.3 Å². The summed E-state index contributed by atoms with van der Waals surface area (Å²) in [6.45, 7) is 7.39. The van der Waals surface area contributed by atoms with Gasteiger partial charge in [0.1, 0.15) is 5.75 Å². The van der Waals surface area contributed by atoms with Gasteiger partial charge in [-0.2, -0.15) is 0 Å². The molecular formula is C22H24N4OS. The highest BCUT2D eigenvalue weighted by Crippen LogP contribution is 2.43. The van der Waals surface area contributed by atoms with Gasteiger partial charge >= 0.3 is 0 Å². The molecule has 0 spiro atoms. The molecule has 3 aromatic rings. The van der Waals surface area contributed by atoms with E-state index in [9.17, 15) is 5.11 Å². The number of phenols is 1. The largest absolute Gasteiger partial charge is 0.508 e. The van der Waals surface area contributed by atoms with E-state index in [-0.39, 0.29) is 17.8 Å². The van der Waals surface area contributed by atoms with Gasteiger partial charge in [-0.1, -0.05) is 6.07 Å². The normalized spacial score (nSPS) is 19.1. The van der Waals surface area contributed by atoms with Crippen molar-refractivity contribution < 1.29 is 5.11 Å². The number of aromatic hydroxyl groups is 1. The van der Waals surface area contributed by atoms with Gasteiger partial charge in [0, 0.05) is 29.8 Å². The van der Waals surface area contributed by atoms with Gasteiger partial charge in [0.25, 0.3) is 0 Å². The number of nitrogens with one attached hydrogen (secondary N) is 1. The van der Waals surface area contributed by atoms with Crippen LogP contribution in [0.5, 0.6) is 5.75 Å². The molecule has 0 unspecified atom stereocenters. The molecule has 0 aliphatic carbocycles. The molecule has 28 heavy (non-hydrogen) atoms. The van der Waals surface area contributed by atoms with Crippen LogP contribution in [0, 0.1) is 13.8 Å². The van der Waals surface area contributed by atoms with Gasteiger partial charge in [-0.05, 0) is 81.0 Å². The van der Waals surface area contributed by atoms with Crippen molar-refractivity contribution in [1.29, 1.82) is 0 Å². The molecule has 1 aliphatic heterocycles. The summed E-state index contributed by atoms with van der Waals surface area (Å²) in [4.78, 5) is 6.73. The number of aryl methyl sites for hydroxylation is 1. The van der Waals surface area contributed by atoms with Gasteiger partial charge in [-0.3, -0.25) is 4.98 Å². The number of rotatable bonds is 4. The molecule has 1 saturated heterocycles. The summed E-state index contributed by atoms with van der Waals surface area (Å²) in [7, 11) is 0. The number of thiocarbonyl (C=S) groups is 1. The second kappa shape index (κ2) is 7.28. The van der Waals surface area contributed by atoms with E-state index in [0.717, 1.165) is 17.9 Å². The van der Waals surface area contributed by atoms with Crippen LogP contribution in [0.1, 0.15) is 41.7 Å². The van der Waals surface area contributed by atoms with Crippen LogP contribution in [0.2, 0.25) is 0 Å². The van der Waals surface area contributed by atoms with Crippen LogP contribution in [0.3, 0.4) is 0 Å². The second-order valence-electron chi connectivity index (χ2n) is 7.08. The molecule has 1 fully saturated rings. The fraction of sp³-hybridized carbons (Fsp3) is 0.273. The van der Waals surface area contributed by atoms with Crippen molar-refractivity contribution in [2.24, 2.45) is 0 Å². The molecule has 2 atom stereocenters. The SMILES string of the molecule is CCn1c(C)cc([C@@H]2[C@H](c3ccccn3)NC(=S)N2c2ccc(O)cc2)c1C. The minimum Gasteiger partial charge on any atom is -0.508 e. The Bertz CT molecular complexity index is 997. The fourth-order valence-electron chi connectivity index (χ4n) is 4.18. The van der Waals surface area contributed by atoms with Gasteiger partial charge in [-0.25, -0.2) is 0 Å². The van der Waals surface area contributed by atoms with E-state index in [1.165, 1.54) is 17.0 Å². The maximum absolute atomic E-state index is 9.71. The highest BCUT2D eigenvalue weighted by Gasteiger charge is 2.42. The first-order valence-electron chi connectivity index (χ1n) is 9.47. The van der Waals surface area contributed by atoms with E-state index in [0.29, 0.717) is 5.11 Å². The third-order valence-electron chi connectivity index (χ3n) is 5.47. The van der Waals surface area contributed by atoms with Gasteiger partial charge in [-0.15, -0.1) is 0 Å². The molecule has 6 heteroatoms. The number of nitrogens with zero attached hydrogens (tertiary/aromatic N) is 3. The Labute approximate surface area is 170 Å². The van der Waals surface area contributed by atoms with Crippen LogP contribution in [0.4, 0.5) is 5.69 Å². The van der Waals surface area contributed by atoms with Crippen molar-refractivity contribution in [1.82, 2.24) is 14.9 Å². The standard InChI is InChI=1S/C22H24N4OS/c1-4-25-14(2)13-18(15(25)3)21-20(19-7-5-6-12-23-19)24-22(28)26(21)16-8-10-17(27)11-9-16/h5-13,20-21,27H,4H2,1-3H3,(H,24,28)/t20-,21+/m0/s1. The second-order valence-corrected chi connectivity index (χ2v) is 7.47. The molecule has 0 bridgehead atoms. The predicted molar refractivity (Wildman–Crippen MR) is 116 cm³/mol. The van der Waals surface area contributed by atoms with Crippen molar-refractivity contribution in [2.75, 3.05) is 4.90 Å². The summed E-state index contributed by atoms with van der Waals surface area (Å²) in [5, 5.41) is 13.9. The number of hydrogen-bond acceptors (Lipinski definition) is 3. The van der Waals surface area contributed by atoms with E-state index >= 15 is 0 Å². The van der Waals surface area contributed by atoms with E-state index in [1.807, 2.05) is 36.5 Å². The van der Waals surface area contributed by atoms with Crippen LogP contribution in [-0.2, 0) is 6.54 Å². The van der Waals surface area contributed by atoms with Crippen LogP contribution in [0.15, 0.2) is 54.7 Å². The molecule has 144 valence electrons. The Balaban J connectivity index is 1.88. The quantitative estimate of drug-likeness (QED) is 0.645. The average Bonchev–Trinajstić information content (AvgIpc) is 3.18. The van der Waals surface area contributed by atoms with Crippen LogP contribution < -0.4 is 10.2 Å².